The van der Waals surface area contributed by atoms with Crippen molar-refractivity contribution < 1.29 is 4.74 Å². The predicted molar refractivity (Wildman–Crippen MR) is 88.9 cm³/mol. The molecule has 0 bridgehead atoms. The fourth-order valence-electron chi connectivity index (χ4n) is 3.57. The summed E-state index contributed by atoms with van der Waals surface area (Å²) in [7, 11) is 0. The number of hydrogen-bond donors (Lipinski definition) is 0. The summed E-state index contributed by atoms with van der Waals surface area (Å²) in [6.07, 6.45) is 7.62. The van der Waals surface area contributed by atoms with Crippen LogP contribution < -0.4 is 9.80 Å². The highest BCUT2D eigenvalue weighted by Gasteiger charge is 2.40. The van der Waals surface area contributed by atoms with Crippen LogP contribution in [0.25, 0.3) is 0 Å². The number of nitrogens with zero attached hydrogens (tertiary/aromatic N) is 6. The zero-order valence-corrected chi connectivity index (χ0v) is 13.8. The highest BCUT2D eigenvalue weighted by atomic mass is 32.1. The first-order chi connectivity index (χ1) is 11.3. The predicted octanol–water partition coefficient (Wildman–Crippen LogP) is 1.45. The molecule has 0 radical (unpaired) electrons. The van der Waals surface area contributed by atoms with Gasteiger partial charge in [-0.2, -0.15) is 0 Å². The molecule has 2 aromatic heterocycles. The Labute approximate surface area is 139 Å². The second kappa shape index (κ2) is 6.37. The van der Waals surface area contributed by atoms with Crippen LogP contribution in [-0.2, 0) is 4.74 Å². The van der Waals surface area contributed by atoms with Crippen molar-refractivity contribution in [2.75, 3.05) is 49.2 Å². The molecule has 0 unspecified atom stereocenters. The Balaban J connectivity index is 1.56. The molecule has 2 saturated heterocycles. The Morgan fingerprint density at radius 2 is 2.13 bits per heavy atom. The number of hydrogen-bond acceptors (Lipinski definition) is 8. The molecule has 0 saturated carbocycles. The van der Waals surface area contributed by atoms with E-state index < -0.39 is 0 Å². The number of ether oxygens (including phenoxy) is 1. The third kappa shape index (κ3) is 3.13. The quantitative estimate of drug-likeness (QED) is 0.824. The van der Waals surface area contributed by atoms with E-state index >= 15 is 0 Å². The van der Waals surface area contributed by atoms with E-state index in [9.17, 15) is 0 Å². The highest BCUT2D eigenvalue weighted by molar-refractivity contribution is 7.13. The van der Waals surface area contributed by atoms with Crippen molar-refractivity contribution >= 4 is 22.3 Å². The average molecular weight is 332 g/mol. The lowest BCUT2D eigenvalue weighted by Crippen LogP contribution is -2.51. The van der Waals surface area contributed by atoms with Crippen LogP contribution in [-0.4, -0.2) is 59.6 Å². The monoisotopic (exact) mass is 332 g/mol. The Morgan fingerprint density at radius 3 is 2.96 bits per heavy atom. The molecule has 2 aliphatic heterocycles. The zero-order chi connectivity index (χ0) is 15.5. The summed E-state index contributed by atoms with van der Waals surface area (Å²) in [6, 6.07) is 0. The van der Waals surface area contributed by atoms with Gasteiger partial charge < -0.3 is 14.5 Å². The first-order valence-corrected chi connectivity index (χ1v) is 8.83. The molecule has 0 aliphatic carbocycles. The van der Waals surface area contributed by atoms with Crippen molar-refractivity contribution in [3.8, 4) is 0 Å². The molecule has 122 valence electrons. The van der Waals surface area contributed by atoms with E-state index in [0.717, 1.165) is 56.8 Å². The molecule has 1 spiro atoms. The van der Waals surface area contributed by atoms with Gasteiger partial charge >= 0.3 is 0 Å². The molecule has 1 atom stereocenters. The lowest BCUT2D eigenvalue weighted by atomic mass is 9.80. The lowest BCUT2D eigenvalue weighted by molar-refractivity contribution is 0.0598. The zero-order valence-electron chi connectivity index (χ0n) is 13.0. The Kier molecular flexibility index (Phi) is 4.09. The van der Waals surface area contributed by atoms with Gasteiger partial charge in [0, 0.05) is 44.0 Å². The molecular weight excluding hydrogens is 312 g/mol. The van der Waals surface area contributed by atoms with E-state index in [4.69, 9.17) is 4.74 Å². The minimum atomic E-state index is 0.109. The number of rotatable bonds is 2. The van der Waals surface area contributed by atoms with Crippen molar-refractivity contribution in [3.05, 3.63) is 24.1 Å². The summed E-state index contributed by atoms with van der Waals surface area (Å²) in [5, 5.41) is 9.23. The average Bonchev–Trinajstić information content (AvgIpc) is 3.06. The van der Waals surface area contributed by atoms with Crippen molar-refractivity contribution in [2.45, 2.75) is 12.8 Å². The smallest absolute Gasteiger partial charge is 0.208 e. The van der Waals surface area contributed by atoms with Gasteiger partial charge in [-0.25, -0.2) is 4.98 Å². The SMILES string of the molecule is c1cnc(N2CCOC[C@]3(CCCN(c4nncs4)C3)C2)cn1. The van der Waals surface area contributed by atoms with Gasteiger partial charge in [0.2, 0.25) is 5.13 Å². The van der Waals surface area contributed by atoms with Gasteiger partial charge in [0.1, 0.15) is 11.3 Å². The van der Waals surface area contributed by atoms with Crippen molar-refractivity contribution in [3.63, 3.8) is 0 Å². The highest BCUT2D eigenvalue weighted by Crippen LogP contribution is 2.36. The molecular formula is C15H20N6OS. The van der Waals surface area contributed by atoms with Crippen LogP contribution in [0.5, 0.6) is 0 Å². The van der Waals surface area contributed by atoms with Gasteiger partial charge in [-0.3, -0.25) is 4.98 Å². The normalized spacial score (nSPS) is 25.6. The Morgan fingerprint density at radius 1 is 1.17 bits per heavy atom. The van der Waals surface area contributed by atoms with Crippen molar-refractivity contribution in [2.24, 2.45) is 5.41 Å². The Hall–Kier alpha value is -1.80. The standard InChI is InChI=1S/C15H20N6OS/c1-2-15(10-21(5-1)14-19-18-12-23-14)9-20(6-7-22-11-15)13-8-16-3-4-17-13/h3-4,8,12H,1-2,5-7,9-11H2/t15-/m1/s1. The van der Waals surface area contributed by atoms with Gasteiger partial charge in [-0.15, -0.1) is 10.2 Å². The molecule has 7 nitrogen and oxygen atoms in total. The first-order valence-electron chi connectivity index (χ1n) is 7.95. The lowest BCUT2D eigenvalue weighted by Gasteiger charge is -2.43. The van der Waals surface area contributed by atoms with Crippen LogP contribution in [0.15, 0.2) is 24.1 Å². The third-order valence-corrected chi connectivity index (χ3v) is 5.34. The summed E-state index contributed by atoms with van der Waals surface area (Å²) >= 11 is 1.61. The largest absolute Gasteiger partial charge is 0.379 e. The van der Waals surface area contributed by atoms with Crippen molar-refractivity contribution in [1.29, 1.82) is 0 Å². The van der Waals surface area contributed by atoms with E-state index in [1.807, 2.05) is 6.20 Å². The third-order valence-electron chi connectivity index (χ3n) is 4.59. The molecule has 0 N–H and O–H groups in total. The van der Waals surface area contributed by atoms with Gasteiger partial charge in [0.15, 0.2) is 0 Å². The summed E-state index contributed by atoms with van der Waals surface area (Å²) in [5.41, 5.74) is 1.91. The molecule has 0 aromatic carbocycles. The van der Waals surface area contributed by atoms with Crippen LogP contribution in [0.4, 0.5) is 10.9 Å². The van der Waals surface area contributed by atoms with Crippen LogP contribution >= 0.6 is 11.3 Å². The molecule has 4 rings (SSSR count). The minimum Gasteiger partial charge on any atom is -0.379 e. The molecule has 0 amide bonds. The second-order valence-corrected chi connectivity index (χ2v) is 7.10. The van der Waals surface area contributed by atoms with E-state index in [1.54, 1.807) is 29.2 Å². The number of anilines is 2. The maximum absolute atomic E-state index is 5.96. The van der Waals surface area contributed by atoms with Gasteiger partial charge in [0.25, 0.3) is 0 Å². The first kappa shape index (κ1) is 14.8. The maximum Gasteiger partial charge on any atom is 0.208 e. The molecule has 23 heavy (non-hydrogen) atoms. The summed E-state index contributed by atoms with van der Waals surface area (Å²) in [6.45, 7) is 5.33. The van der Waals surface area contributed by atoms with Crippen LogP contribution in [0.1, 0.15) is 12.8 Å². The second-order valence-electron chi connectivity index (χ2n) is 6.28. The summed E-state index contributed by atoms with van der Waals surface area (Å²) in [5.74, 6) is 0.936. The van der Waals surface area contributed by atoms with Crippen molar-refractivity contribution in [1.82, 2.24) is 20.2 Å². The minimum absolute atomic E-state index is 0.109. The van der Waals surface area contributed by atoms with Crippen LogP contribution in [0.3, 0.4) is 0 Å². The van der Waals surface area contributed by atoms with Gasteiger partial charge in [-0.05, 0) is 12.8 Å². The molecule has 2 aliphatic rings. The number of piperidine rings is 1. The summed E-state index contributed by atoms with van der Waals surface area (Å²) in [4.78, 5) is 13.3. The van der Waals surface area contributed by atoms with Crippen LogP contribution in [0, 0.1) is 5.41 Å². The van der Waals surface area contributed by atoms with E-state index in [2.05, 4.69) is 30.0 Å². The summed E-state index contributed by atoms with van der Waals surface area (Å²) < 4.78 is 5.96. The molecule has 2 fully saturated rings. The molecule has 2 aromatic rings. The fraction of sp³-hybridized carbons (Fsp3) is 0.600. The van der Waals surface area contributed by atoms with Gasteiger partial charge in [-0.1, -0.05) is 11.3 Å². The van der Waals surface area contributed by atoms with E-state index in [1.165, 1.54) is 6.42 Å². The van der Waals surface area contributed by atoms with Crippen LogP contribution in [0.2, 0.25) is 0 Å². The molecule has 8 heteroatoms. The fourth-order valence-corrected chi connectivity index (χ4v) is 4.15. The van der Waals surface area contributed by atoms with E-state index in [0.29, 0.717) is 0 Å². The molecule has 4 heterocycles. The maximum atomic E-state index is 5.96. The Bertz CT molecular complexity index is 624. The van der Waals surface area contributed by atoms with E-state index in [-0.39, 0.29) is 5.41 Å². The van der Waals surface area contributed by atoms with Gasteiger partial charge in [0.05, 0.1) is 19.4 Å². The topological polar surface area (TPSA) is 67.3 Å². The number of aromatic nitrogens is 4.